The molecule has 1 aromatic heterocycles. The van der Waals surface area contributed by atoms with Gasteiger partial charge in [0, 0.05) is 36.9 Å². The lowest BCUT2D eigenvalue weighted by Crippen LogP contribution is -2.14. The van der Waals surface area contributed by atoms with Crippen LogP contribution in [-0.2, 0) is 0 Å². The van der Waals surface area contributed by atoms with E-state index in [0.29, 0.717) is 34.3 Å². The molecule has 0 amide bonds. The lowest BCUT2D eigenvalue weighted by Gasteiger charge is -2.19. The van der Waals surface area contributed by atoms with Crippen LogP contribution in [0.2, 0.25) is 0 Å². The third kappa shape index (κ3) is 3.81. The molecule has 0 saturated heterocycles. The third-order valence-corrected chi connectivity index (χ3v) is 4.62. The summed E-state index contributed by atoms with van der Waals surface area (Å²) in [7, 11) is 8.56. The van der Waals surface area contributed by atoms with E-state index < -0.39 is 0 Å². The second kappa shape index (κ2) is 8.53. The van der Waals surface area contributed by atoms with Crippen molar-refractivity contribution in [3.63, 3.8) is 0 Å². The van der Waals surface area contributed by atoms with Gasteiger partial charge in [-0.3, -0.25) is 0 Å². The van der Waals surface area contributed by atoms with Crippen LogP contribution < -0.4 is 19.1 Å². The first-order valence-electron chi connectivity index (χ1n) is 9.02. The van der Waals surface area contributed by atoms with E-state index in [9.17, 15) is 5.26 Å². The minimum Gasteiger partial charge on any atom is -0.497 e. The van der Waals surface area contributed by atoms with Crippen molar-refractivity contribution in [1.29, 1.82) is 5.26 Å². The van der Waals surface area contributed by atoms with Gasteiger partial charge >= 0.3 is 0 Å². The highest BCUT2D eigenvalue weighted by Gasteiger charge is 2.20. The van der Waals surface area contributed by atoms with Gasteiger partial charge in [-0.1, -0.05) is 12.1 Å². The molecule has 6 heteroatoms. The Labute approximate surface area is 170 Å². The predicted molar refractivity (Wildman–Crippen MR) is 114 cm³/mol. The molecule has 2 aromatic carbocycles. The summed E-state index contributed by atoms with van der Waals surface area (Å²) in [5, 5.41) is 9.93. The highest BCUT2D eigenvalue weighted by molar-refractivity contribution is 5.85. The van der Waals surface area contributed by atoms with Gasteiger partial charge in [0.25, 0.3) is 0 Å². The number of ether oxygens (including phenoxy) is 3. The zero-order valence-corrected chi connectivity index (χ0v) is 17.2. The summed E-state index contributed by atoms with van der Waals surface area (Å²) in [4.78, 5) is 6.59. The Bertz CT molecular complexity index is 1070. The SMILES string of the molecule is COc1ccc(-c2cc(-c3ccccc3OC)nc(N(C)C)c2C#N)c(OC)c1. The van der Waals surface area contributed by atoms with E-state index in [1.165, 1.54) is 0 Å². The average molecular weight is 389 g/mol. The first-order chi connectivity index (χ1) is 14.0. The van der Waals surface area contributed by atoms with Crippen molar-refractivity contribution in [3.8, 4) is 45.7 Å². The maximum absolute atomic E-state index is 9.93. The van der Waals surface area contributed by atoms with Crippen LogP contribution in [0.4, 0.5) is 5.82 Å². The van der Waals surface area contributed by atoms with E-state index >= 15 is 0 Å². The van der Waals surface area contributed by atoms with Crippen LogP contribution in [0.3, 0.4) is 0 Å². The molecular weight excluding hydrogens is 366 g/mol. The van der Waals surface area contributed by atoms with Gasteiger partial charge in [0.05, 0.1) is 27.0 Å². The van der Waals surface area contributed by atoms with E-state index in [0.717, 1.165) is 16.7 Å². The monoisotopic (exact) mass is 389 g/mol. The number of para-hydroxylation sites is 1. The average Bonchev–Trinajstić information content (AvgIpc) is 2.77. The number of hydrogen-bond donors (Lipinski definition) is 0. The smallest absolute Gasteiger partial charge is 0.147 e. The summed E-state index contributed by atoms with van der Waals surface area (Å²) in [5.74, 6) is 2.57. The number of nitriles is 1. The fourth-order valence-electron chi connectivity index (χ4n) is 3.19. The fourth-order valence-corrected chi connectivity index (χ4v) is 3.19. The molecule has 1 heterocycles. The minimum atomic E-state index is 0.470. The molecule has 0 N–H and O–H groups in total. The molecule has 0 aliphatic heterocycles. The lowest BCUT2D eigenvalue weighted by molar-refractivity contribution is 0.395. The van der Waals surface area contributed by atoms with Gasteiger partial charge in [0.2, 0.25) is 0 Å². The number of benzene rings is 2. The van der Waals surface area contributed by atoms with E-state index in [4.69, 9.17) is 19.2 Å². The number of rotatable bonds is 6. The summed E-state index contributed by atoms with van der Waals surface area (Å²) >= 11 is 0. The molecule has 148 valence electrons. The molecule has 29 heavy (non-hydrogen) atoms. The number of anilines is 1. The minimum absolute atomic E-state index is 0.470. The predicted octanol–water partition coefficient (Wildman–Crippen LogP) is 4.38. The van der Waals surface area contributed by atoms with Gasteiger partial charge in [0.15, 0.2) is 0 Å². The number of hydrogen-bond acceptors (Lipinski definition) is 6. The molecular formula is C23H23N3O3. The third-order valence-electron chi connectivity index (χ3n) is 4.62. The van der Waals surface area contributed by atoms with E-state index in [1.807, 2.05) is 61.5 Å². The molecule has 0 bridgehead atoms. The summed E-state index contributed by atoms with van der Waals surface area (Å²) in [6, 6.07) is 17.4. The van der Waals surface area contributed by atoms with Crippen molar-refractivity contribution in [3.05, 3.63) is 54.1 Å². The van der Waals surface area contributed by atoms with Crippen molar-refractivity contribution < 1.29 is 14.2 Å². The Morgan fingerprint density at radius 3 is 2.17 bits per heavy atom. The Balaban J connectivity index is 2.35. The summed E-state index contributed by atoms with van der Waals surface area (Å²) < 4.78 is 16.4. The van der Waals surface area contributed by atoms with Crippen LogP contribution in [0.15, 0.2) is 48.5 Å². The van der Waals surface area contributed by atoms with Crippen molar-refractivity contribution >= 4 is 5.82 Å². The normalized spacial score (nSPS) is 10.2. The number of nitrogens with zero attached hydrogens (tertiary/aromatic N) is 3. The molecule has 0 saturated carbocycles. The van der Waals surface area contributed by atoms with Gasteiger partial charge in [-0.05, 0) is 30.3 Å². The maximum atomic E-state index is 9.93. The topological polar surface area (TPSA) is 67.6 Å². The Morgan fingerprint density at radius 2 is 1.55 bits per heavy atom. The maximum Gasteiger partial charge on any atom is 0.147 e. The van der Waals surface area contributed by atoms with Gasteiger partial charge in [-0.25, -0.2) is 4.98 Å². The standard InChI is InChI=1S/C23H23N3O3/c1-26(2)23-19(14-24)18(16-11-10-15(27-3)12-22(16)29-5)13-20(25-23)17-8-6-7-9-21(17)28-4/h6-13H,1-5H3. The molecule has 0 aliphatic rings. The van der Waals surface area contributed by atoms with Gasteiger partial charge in [-0.2, -0.15) is 5.26 Å². The highest BCUT2D eigenvalue weighted by atomic mass is 16.5. The largest absolute Gasteiger partial charge is 0.497 e. The molecule has 6 nitrogen and oxygen atoms in total. The Kier molecular flexibility index (Phi) is 5.89. The molecule has 0 radical (unpaired) electrons. The van der Waals surface area contributed by atoms with E-state index in [2.05, 4.69) is 6.07 Å². The van der Waals surface area contributed by atoms with Crippen LogP contribution in [0.1, 0.15) is 5.56 Å². The Hall–Kier alpha value is -3.72. The molecule has 0 fully saturated rings. The fraction of sp³-hybridized carbons (Fsp3) is 0.217. The van der Waals surface area contributed by atoms with Crippen LogP contribution >= 0.6 is 0 Å². The van der Waals surface area contributed by atoms with Crippen LogP contribution in [0, 0.1) is 11.3 Å². The Morgan fingerprint density at radius 1 is 0.828 bits per heavy atom. The van der Waals surface area contributed by atoms with E-state index in [1.54, 1.807) is 27.4 Å². The molecule has 3 rings (SSSR count). The number of pyridine rings is 1. The summed E-state index contributed by atoms with van der Waals surface area (Å²) in [6.45, 7) is 0. The first kappa shape index (κ1) is 20.0. The highest BCUT2D eigenvalue weighted by Crippen LogP contribution is 2.40. The summed E-state index contributed by atoms with van der Waals surface area (Å²) in [6.07, 6.45) is 0. The molecule has 0 aliphatic carbocycles. The quantitative estimate of drug-likeness (QED) is 0.623. The zero-order valence-electron chi connectivity index (χ0n) is 17.2. The van der Waals surface area contributed by atoms with Gasteiger partial charge in [-0.15, -0.1) is 0 Å². The molecule has 3 aromatic rings. The molecule has 0 unspecified atom stereocenters. The van der Waals surface area contributed by atoms with Crippen molar-refractivity contribution in [2.45, 2.75) is 0 Å². The summed E-state index contributed by atoms with van der Waals surface area (Å²) in [5.41, 5.74) is 3.53. The number of aromatic nitrogens is 1. The van der Waals surface area contributed by atoms with Gasteiger partial charge < -0.3 is 19.1 Å². The second-order valence-corrected chi connectivity index (χ2v) is 6.53. The first-order valence-corrected chi connectivity index (χ1v) is 9.02. The lowest BCUT2D eigenvalue weighted by atomic mass is 9.97. The van der Waals surface area contributed by atoms with Crippen LogP contribution in [-0.4, -0.2) is 40.4 Å². The number of methoxy groups -OCH3 is 3. The molecule has 0 spiro atoms. The van der Waals surface area contributed by atoms with Gasteiger partial charge in [0.1, 0.15) is 34.7 Å². The van der Waals surface area contributed by atoms with E-state index in [-0.39, 0.29) is 0 Å². The zero-order chi connectivity index (χ0) is 21.0. The van der Waals surface area contributed by atoms with Crippen molar-refractivity contribution in [2.75, 3.05) is 40.3 Å². The van der Waals surface area contributed by atoms with Crippen molar-refractivity contribution in [2.24, 2.45) is 0 Å². The molecule has 0 atom stereocenters. The van der Waals surface area contributed by atoms with Crippen LogP contribution in [0.25, 0.3) is 22.4 Å². The second-order valence-electron chi connectivity index (χ2n) is 6.53. The van der Waals surface area contributed by atoms with Crippen molar-refractivity contribution in [1.82, 2.24) is 4.98 Å². The van der Waals surface area contributed by atoms with Crippen LogP contribution in [0.5, 0.6) is 17.2 Å².